The third-order valence-electron chi connectivity index (χ3n) is 18.2. The summed E-state index contributed by atoms with van der Waals surface area (Å²) in [4.78, 5) is 33.1. The van der Waals surface area contributed by atoms with Gasteiger partial charge in [-0.2, -0.15) is 0 Å². The summed E-state index contributed by atoms with van der Waals surface area (Å²) in [5.74, 6) is 0.332. The van der Waals surface area contributed by atoms with Gasteiger partial charge in [0.1, 0.15) is 5.82 Å². The summed E-state index contributed by atoms with van der Waals surface area (Å²) >= 11 is 6.11. The Morgan fingerprint density at radius 1 is 0.419 bits per heavy atom. The van der Waals surface area contributed by atoms with Gasteiger partial charge in [-0.3, -0.25) is 9.80 Å². The van der Waals surface area contributed by atoms with Gasteiger partial charge in [-0.25, -0.2) is 43.1 Å². The van der Waals surface area contributed by atoms with Crippen LogP contribution >= 0.6 is 11.6 Å². The van der Waals surface area contributed by atoms with Crippen LogP contribution in [-0.4, -0.2) is 125 Å². The molecule has 5 heterocycles. The number of aromatic nitrogens is 6. The van der Waals surface area contributed by atoms with Crippen molar-refractivity contribution < 1.29 is 22.6 Å². The largest absolute Gasteiger partial charge is 0.379 e. The Labute approximate surface area is 546 Å². The molecule has 0 radical (unpaired) electrons. The standard InChI is InChI=1S/C26H22FN3.C25H27ClN4O.C25H26F2N4O/c27-24-13-7-6-11-21(24)23-16-19-17-29-26(28-15-14-18-8-2-1-3-9-18)30-25(19)22-12-5-4-10-20(22)23;26-20-8-6-18(7-9-20)23-16-19-17-28-25(27-10-3-11-30-12-14-31-15-13-30)29-24(19)22-5-2-1-4-21(22)23;26-22-7-6-17(15-23(22)27)21-14-18-16-29-25(28-8-3-9-31-10-12-32-13-11-31)30-24(18)20-5-2-1-4-19(20)21/h1-13,17,23H,14-16H2,(H,28,29,30);1-2,4-9,17,23H,3,10-16H2,(H,27,28,29);1-2,4-7,15-16,21H,3,8-14H2,(H,28,29,30). The van der Waals surface area contributed by atoms with Crippen LogP contribution < -0.4 is 16.0 Å². The molecule has 5 aliphatic rings. The lowest BCUT2D eigenvalue weighted by Gasteiger charge is -2.28. The zero-order chi connectivity index (χ0) is 63.3. The number of benzene rings is 7. The molecule has 3 aromatic heterocycles. The second-order valence-corrected chi connectivity index (χ2v) is 24.5. The third kappa shape index (κ3) is 15.3. The minimum absolute atomic E-state index is 0.0320. The average Bonchev–Trinajstić information content (AvgIpc) is 0.810. The number of fused-ring (bicyclic) bond motifs is 9. The number of morpholine rings is 2. The van der Waals surface area contributed by atoms with E-state index in [2.05, 4.69) is 101 Å². The van der Waals surface area contributed by atoms with Crippen LogP contribution in [0.5, 0.6) is 0 Å². The summed E-state index contributed by atoms with van der Waals surface area (Å²) in [7, 11) is 0. The molecular weight excluding hydrogens is 1190 g/mol. The van der Waals surface area contributed by atoms with E-state index in [0.29, 0.717) is 30.7 Å². The molecule has 10 aromatic rings. The zero-order valence-electron chi connectivity index (χ0n) is 52.0. The highest BCUT2D eigenvalue weighted by Crippen LogP contribution is 2.45. The molecule has 0 amide bonds. The van der Waals surface area contributed by atoms with E-state index in [-0.39, 0.29) is 23.6 Å². The summed E-state index contributed by atoms with van der Waals surface area (Å²) in [6, 6.07) is 54.5. The van der Waals surface area contributed by atoms with Gasteiger partial charge in [-0.1, -0.05) is 151 Å². The van der Waals surface area contributed by atoms with Crippen molar-refractivity contribution in [1.29, 1.82) is 0 Å². The van der Waals surface area contributed by atoms with Gasteiger partial charge in [0.25, 0.3) is 0 Å². The summed E-state index contributed by atoms with van der Waals surface area (Å²) in [6.45, 7) is 11.9. The molecule has 93 heavy (non-hydrogen) atoms. The van der Waals surface area contributed by atoms with E-state index in [0.717, 1.165) is 178 Å². The van der Waals surface area contributed by atoms with Crippen LogP contribution in [0.15, 0.2) is 188 Å². The lowest BCUT2D eigenvalue weighted by molar-refractivity contribution is 0.0378. The highest BCUT2D eigenvalue weighted by atomic mass is 35.5. The number of ether oxygens (including phenoxy) is 2. The van der Waals surface area contributed by atoms with Crippen LogP contribution in [-0.2, 0) is 35.2 Å². The summed E-state index contributed by atoms with van der Waals surface area (Å²) in [5.41, 5.74) is 16.9. The molecular formula is C76H75ClF3N11O2. The van der Waals surface area contributed by atoms with Crippen LogP contribution in [0.2, 0.25) is 5.02 Å². The smallest absolute Gasteiger partial charge is 0.223 e. The van der Waals surface area contributed by atoms with E-state index in [1.54, 1.807) is 12.1 Å². The average molecular weight is 1270 g/mol. The molecule has 7 aromatic carbocycles. The maximum atomic E-state index is 14.5. The highest BCUT2D eigenvalue weighted by Gasteiger charge is 2.32. The number of nitrogens with one attached hydrogen (secondary N) is 3. The van der Waals surface area contributed by atoms with Crippen LogP contribution in [0.3, 0.4) is 0 Å². The third-order valence-corrected chi connectivity index (χ3v) is 18.4. The van der Waals surface area contributed by atoms with E-state index < -0.39 is 11.6 Å². The first-order chi connectivity index (χ1) is 45.8. The molecule has 2 saturated heterocycles. The van der Waals surface area contributed by atoms with Crippen LogP contribution in [0.4, 0.5) is 31.0 Å². The molecule has 474 valence electrons. The monoisotopic (exact) mass is 1270 g/mol. The van der Waals surface area contributed by atoms with Gasteiger partial charge in [-0.05, 0) is 138 Å². The normalized spacial score (nSPS) is 17.1. The number of anilines is 3. The lowest BCUT2D eigenvalue weighted by Crippen LogP contribution is -2.37. The van der Waals surface area contributed by atoms with E-state index in [1.165, 1.54) is 46.0 Å². The molecule has 3 aliphatic carbocycles. The predicted octanol–water partition coefficient (Wildman–Crippen LogP) is 14.5. The Morgan fingerprint density at radius 2 is 0.839 bits per heavy atom. The molecule has 2 aliphatic heterocycles. The van der Waals surface area contributed by atoms with Crippen molar-refractivity contribution in [2.45, 2.75) is 56.3 Å². The highest BCUT2D eigenvalue weighted by molar-refractivity contribution is 6.30. The maximum absolute atomic E-state index is 14.5. The predicted molar refractivity (Wildman–Crippen MR) is 363 cm³/mol. The Morgan fingerprint density at radius 3 is 1.33 bits per heavy atom. The molecule has 3 N–H and O–H groups in total. The molecule has 3 atom stereocenters. The van der Waals surface area contributed by atoms with Gasteiger partial charge >= 0.3 is 0 Å². The number of nitrogens with zero attached hydrogens (tertiary/aromatic N) is 8. The summed E-state index contributed by atoms with van der Waals surface area (Å²) in [6.07, 6.45) is 11.0. The van der Waals surface area contributed by atoms with Crippen molar-refractivity contribution in [3.8, 4) is 33.8 Å². The molecule has 17 heteroatoms. The number of halogens is 4. The lowest BCUT2D eigenvalue weighted by atomic mass is 9.78. The fourth-order valence-corrected chi connectivity index (χ4v) is 13.5. The van der Waals surface area contributed by atoms with E-state index >= 15 is 0 Å². The van der Waals surface area contributed by atoms with E-state index in [1.807, 2.05) is 97.5 Å². The quantitative estimate of drug-likeness (QED) is 0.0747. The molecule has 0 spiro atoms. The van der Waals surface area contributed by atoms with Gasteiger partial charge in [0, 0.05) is 104 Å². The first kappa shape index (κ1) is 62.9. The zero-order valence-corrected chi connectivity index (χ0v) is 52.7. The van der Waals surface area contributed by atoms with Crippen molar-refractivity contribution in [3.05, 3.63) is 267 Å². The minimum atomic E-state index is -0.828. The van der Waals surface area contributed by atoms with Crippen LogP contribution in [0.25, 0.3) is 33.8 Å². The number of hydrogen-bond acceptors (Lipinski definition) is 13. The second kappa shape index (κ2) is 30.2. The fraction of sp³-hybridized carbons (Fsp3) is 0.289. The maximum Gasteiger partial charge on any atom is 0.223 e. The van der Waals surface area contributed by atoms with E-state index in [4.69, 9.17) is 36.0 Å². The van der Waals surface area contributed by atoms with Gasteiger partial charge < -0.3 is 25.4 Å². The van der Waals surface area contributed by atoms with Gasteiger partial charge in [0.15, 0.2) is 11.6 Å². The molecule has 3 unspecified atom stereocenters. The molecule has 0 saturated carbocycles. The Bertz CT molecular complexity index is 4150. The van der Waals surface area contributed by atoms with Crippen molar-refractivity contribution >= 4 is 29.4 Å². The van der Waals surface area contributed by atoms with Crippen molar-refractivity contribution in [1.82, 2.24) is 39.7 Å². The molecule has 0 bridgehead atoms. The SMILES string of the molecule is Clc1ccc(C2Cc3cnc(NCCCN4CCOCC4)nc3-c3ccccc32)cc1.Fc1ccc(C2Cc3cnc(NCCCN4CCOCC4)nc3-c3ccccc32)cc1F.Fc1ccccc1C1Cc2cnc(NCCc3ccccc3)nc2-c2ccccc21. The van der Waals surface area contributed by atoms with Crippen molar-refractivity contribution in [2.75, 3.05) is 101 Å². The first-order valence-electron chi connectivity index (χ1n) is 32.4. The number of rotatable bonds is 17. The fourth-order valence-electron chi connectivity index (χ4n) is 13.3. The molecule has 15 rings (SSSR count). The Hall–Kier alpha value is -8.90. The topological polar surface area (TPSA) is 138 Å². The number of hydrogen-bond donors (Lipinski definition) is 3. The first-order valence-corrected chi connectivity index (χ1v) is 32.8. The van der Waals surface area contributed by atoms with Gasteiger partial charge in [0.05, 0.1) is 43.5 Å². The minimum Gasteiger partial charge on any atom is -0.379 e. The van der Waals surface area contributed by atoms with Crippen LogP contribution in [0, 0.1) is 17.5 Å². The van der Waals surface area contributed by atoms with Crippen molar-refractivity contribution in [3.63, 3.8) is 0 Å². The Balaban J connectivity index is 0.000000127. The Kier molecular flexibility index (Phi) is 20.4. The molecule has 2 fully saturated rings. The van der Waals surface area contributed by atoms with Gasteiger partial charge in [0.2, 0.25) is 17.8 Å². The summed E-state index contributed by atoms with van der Waals surface area (Å²) in [5, 5.41) is 10.9. The van der Waals surface area contributed by atoms with Gasteiger partial charge in [-0.15, -0.1) is 0 Å². The molecule has 13 nitrogen and oxygen atoms in total. The van der Waals surface area contributed by atoms with Crippen LogP contribution in [0.1, 0.15) is 86.2 Å². The van der Waals surface area contributed by atoms with Crippen molar-refractivity contribution in [2.24, 2.45) is 0 Å². The second-order valence-electron chi connectivity index (χ2n) is 24.1. The van der Waals surface area contributed by atoms with E-state index in [9.17, 15) is 13.2 Å². The summed E-state index contributed by atoms with van der Waals surface area (Å²) < 4.78 is 52.7.